The van der Waals surface area contributed by atoms with Gasteiger partial charge in [-0.2, -0.15) is 4.98 Å². The number of rotatable bonds is 4. The van der Waals surface area contributed by atoms with Gasteiger partial charge in [0.15, 0.2) is 0 Å². The highest BCUT2D eigenvalue weighted by Crippen LogP contribution is 2.28. The van der Waals surface area contributed by atoms with Gasteiger partial charge >= 0.3 is 6.03 Å². The van der Waals surface area contributed by atoms with Crippen LogP contribution in [0, 0.1) is 5.82 Å². The number of carbonyl (C=O) groups excluding carboxylic acids is 2. The van der Waals surface area contributed by atoms with Crippen LogP contribution >= 0.6 is 0 Å². The topological polar surface area (TPSA) is 100 Å². The van der Waals surface area contributed by atoms with Gasteiger partial charge in [0.05, 0.1) is 12.0 Å². The van der Waals surface area contributed by atoms with Gasteiger partial charge in [0.25, 0.3) is 0 Å². The van der Waals surface area contributed by atoms with Crippen molar-refractivity contribution < 1.29 is 18.5 Å². The Hall–Kier alpha value is -2.81. The third-order valence-electron chi connectivity index (χ3n) is 4.72. The van der Waals surface area contributed by atoms with E-state index in [0.717, 1.165) is 19.4 Å². The van der Waals surface area contributed by atoms with Crippen LogP contribution < -0.4 is 10.6 Å². The number of hydrogen-bond donors (Lipinski definition) is 2. The Labute approximate surface area is 156 Å². The number of halogens is 1. The lowest BCUT2D eigenvalue weighted by molar-refractivity contribution is -0.125. The van der Waals surface area contributed by atoms with Crippen molar-refractivity contribution in [3.63, 3.8) is 0 Å². The molecule has 3 amide bonds. The molecule has 8 nitrogen and oxygen atoms in total. The second kappa shape index (κ2) is 8.26. The largest absolute Gasteiger partial charge is 0.341 e. The summed E-state index contributed by atoms with van der Waals surface area (Å²) in [4.78, 5) is 29.9. The molecular formula is C18H22FN5O3. The second-order valence-corrected chi connectivity index (χ2v) is 6.55. The lowest BCUT2D eigenvalue weighted by atomic mass is 9.96. The molecule has 0 saturated carbocycles. The number of aromatic nitrogens is 2. The normalized spacial score (nSPS) is 18.7. The number of hydrogen-bond acceptors (Lipinski definition) is 6. The first-order valence-corrected chi connectivity index (χ1v) is 8.84. The molecule has 1 aromatic heterocycles. The van der Waals surface area contributed by atoms with Gasteiger partial charge in [-0.05, 0) is 38.4 Å². The quantitative estimate of drug-likeness (QED) is 0.847. The van der Waals surface area contributed by atoms with Crippen LogP contribution in [-0.2, 0) is 4.79 Å². The van der Waals surface area contributed by atoms with Crippen LogP contribution in [0.5, 0.6) is 0 Å². The van der Waals surface area contributed by atoms with Crippen molar-refractivity contribution in [2.45, 2.75) is 31.7 Å². The Morgan fingerprint density at radius 1 is 1.41 bits per heavy atom. The van der Waals surface area contributed by atoms with E-state index in [-0.39, 0.29) is 17.6 Å². The zero-order valence-electron chi connectivity index (χ0n) is 15.2. The van der Waals surface area contributed by atoms with Crippen molar-refractivity contribution in [1.82, 2.24) is 25.7 Å². The molecule has 0 aliphatic carbocycles. The van der Waals surface area contributed by atoms with Crippen molar-refractivity contribution in [2.75, 3.05) is 20.1 Å². The minimum Gasteiger partial charge on any atom is -0.341 e. The smallest absolute Gasteiger partial charge is 0.321 e. The third-order valence-corrected chi connectivity index (χ3v) is 4.72. The molecule has 2 N–H and O–H groups in total. The predicted molar refractivity (Wildman–Crippen MR) is 95.3 cm³/mol. The number of benzene rings is 1. The highest BCUT2D eigenvalue weighted by molar-refractivity contribution is 5.96. The van der Waals surface area contributed by atoms with Crippen LogP contribution in [0.3, 0.4) is 0 Å². The van der Waals surface area contributed by atoms with Gasteiger partial charge in [0.2, 0.25) is 17.6 Å². The zero-order chi connectivity index (χ0) is 19.4. The maximum atomic E-state index is 13.4. The predicted octanol–water partition coefficient (Wildman–Crippen LogP) is 1.90. The maximum absolute atomic E-state index is 13.4. The molecule has 1 aliphatic rings. The van der Waals surface area contributed by atoms with E-state index in [1.807, 2.05) is 4.90 Å². The fraction of sp³-hybridized carbons (Fsp3) is 0.444. The van der Waals surface area contributed by atoms with Gasteiger partial charge < -0.3 is 9.84 Å². The van der Waals surface area contributed by atoms with Crippen molar-refractivity contribution in [3.8, 4) is 11.4 Å². The van der Waals surface area contributed by atoms with E-state index in [1.54, 1.807) is 19.1 Å². The standard InChI is InChI=1S/C18H22FN5O3/c1-11(16(25)22-18(26)20-2)24-8-4-6-13(10-24)17-21-15(23-27-17)12-5-3-7-14(19)9-12/h3,5,7,9,11,13H,4,6,8,10H2,1-2H3,(H2,20,22,25,26). The Morgan fingerprint density at radius 3 is 2.96 bits per heavy atom. The molecule has 1 aliphatic heterocycles. The Balaban J connectivity index is 1.68. The fourth-order valence-electron chi connectivity index (χ4n) is 3.15. The molecule has 1 aromatic carbocycles. The molecule has 0 bridgehead atoms. The minimum atomic E-state index is -0.531. The van der Waals surface area contributed by atoms with Gasteiger partial charge in [0, 0.05) is 19.2 Å². The Bertz CT molecular complexity index is 825. The van der Waals surface area contributed by atoms with Gasteiger partial charge in [0.1, 0.15) is 5.82 Å². The van der Waals surface area contributed by atoms with E-state index < -0.39 is 12.1 Å². The molecule has 2 unspecified atom stereocenters. The molecule has 2 atom stereocenters. The van der Waals surface area contributed by atoms with Gasteiger partial charge in [-0.25, -0.2) is 9.18 Å². The summed E-state index contributed by atoms with van der Waals surface area (Å²) in [6.07, 6.45) is 1.71. The molecule has 144 valence electrons. The fourth-order valence-corrected chi connectivity index (χ4v) is 3.15. The lowest BCUT2D eigenvalue weighted by Crippen LogP contribution is -2.51. The molecule has 0 radical (unpaired) electrons. The number of amides is 3. The number of piperidine rings is 1. The molecule has 27 heavy (non-hydrogen) atoms. The van der Waals surface area contributed by atoms with Crippen molar-refractivity contribution in [1.29, 1.82) is 0 Å². The van der Waals surface area contributed by atoms with Crippen LogP contribution in [0.1, 0.15) is 31.6 Å². The summed E-state index contributed by atoms with van der Waals surface area (Å²) in [7, 11) is 1.45. The molecule has 1 fully saturated rings. The van der Waals surface area contributed by atoms with E-state index in [0.29, 0.717) is 23.8 Å². The van der Waals surface area contributed by atoms with E-state index in [9.17, 15) is 14.0 Å². The van der Waals surface area contributed by atoms with E-state index in [1.165, 1.54) is 19.2 Å². The number of urea groups is 1. The molecule has 3 rings (SSSR count). The van der Waals surface area contributed by atoms with Gasteiger partial charge in [-0.1, -0.05) is 17.3 Å². The zero-order valence-corrected chi connectivity index (χ0v) is 15.2. The van der Waals surface area contributed by atoms with Crippen LogP contribution in [0.15, 0.2) is 28.8 Å². The minimum absolute atomic E-state index is 0.0242. The first kappa shape index (κ1) is 19.0. The molecule has 2 aromatic rings. The first-order chi connectivity index (χ1) is 13.0. The van der Waals surface area contributed by atoms with Crippen LogP contribution in [0.4, 0.5) is 9.18 Å². The average Bonchev–Trinajstić information content (AvgIpc) is 3.17. The first-order valence-electron chi connectivity index (χ1n) is 8.84. The molecule has 1 saturated heterocycles. The molecule has 9 heteroatoms. The van der Waals surface area contributed by atoms with Crippen molar-refractivity contribution in [3.05, 3.63) is 36.0 Å². The number of nitrogens with one attached hydrogen (secondary N) is 2. The van der Waals surface area contributed by atoms with Crippen LogP contribution in [0.2, 0.25) is 0 Å². The van der Waals surface area contributed by atoms with E-state index >= 15 is 0 Å². The monoisotopic (exact) mass is 375 g/mol. The lowest BCUT2D eigenvalue weighted by Gasteiger charge is -2.34. The summed E-state index contributed by atoms with van der Waals surface area (Å²) >= 11 is 0. The Morgan fingerprint density at radius 2 is 2.22 bits per heavy atom. The SMILES string of the molecule is CNC(=O)NC(=O)C(C)N1CCCC(c2nc(-c3cccc(F)c3)no2)C1. The van der Waals surface area contributed by atoms with Crippen LogP contribution in [-0.4, -0.2) is 53.2 Å². The molecule has 2 heterocycles. The number of likely N-dealkylation sites (tertiary alicyclic amines) is 1. The van der Waals surface area contributed by atoms with Crippen molar-refractivity contribution in [2.24, 2.45) is 0 Å². The summed E-state index contributed by atoms with van der Waals surface area (Å²) in [6.45, 7) is 3.06. The van der Waals surface area contributed by atoms with E-state index in [2.05, 4.69) is 20.8 Å². The highest BCUT2D eigenvalue weighted by Gasteiger charge is 2.31. The summed E-state index contributed by atoms with van der Waals surface area (Å²) in [5.41, 5.74) is 0.552. The maximum Gasteiger partial charge on any atom is 0.321 e. The molecule has 0 spiro atoms. The Kier molecular flexibility index (Phi) is 5.80. The number of nitrogens with zero attached hydrogens (tertiary/aromatic N) is 3. The highest BCUT2D eigenvalue weighted by atomic mass is 19.1. The summed E-state index contributed by atoms with van der Waals surface area (Å²) < 4.78 is 18.8. The average molecular weight is 375 g/mol. The van der Waals surface area contributed by atoms with E-state index in [4.69, 9.17) is 4.52 Å². The van der Waals surface area contributed by atoms with Gasteiger partial charge in [-0.3, -0.25) is 15.0 Å². The summed E-state index contributed by atoms with van der Waals surface area (Å²) in [6, 6.07) is 5.03. The second-order valence-electron chi connectivity index (χ2n) is 6.55. The number of imide groups is 1. The summed E-state index contributed by atoms with van der Waals surface area (Å²) in [5, 5.41) is 8.61. The third kappa shape index (κ3) is 4.48. The van der Waals surface area contributed by atoms with Gasteiger partial charge in [-0.15, -0.1) is 0 Å². The van der Waals surface area contributed by atoms with Crippen LogP contribution in [0.25, 0.3) is 11.4 Å². The summed E-state index contributed by atoms with van der Waals surface area (Å²) in [5.74, 6) is 0.0633. The molecular weight excluding hydrogens is 353 g/mol. The number of carbonyl (C=O) groups is 2. The van der Waals surface area contributed by atoms with Crippen molar-refractivity contribution >= 4 is 11.9 Å².